The molecule has 0 unspecified atom stereocenters. The van der Waals surface area contributed by atoms with Crippen molar-refractivity contribution in [3.63, 3.8) is 0 Å². The van der Waals surface area contributed by atoms with Gasteiger partial charge in [-0.15, -0.1) is 0 Å². The van der Waals surface area contributed by atoms with Crippen LogP contribution in [0, 0.1) is 0 Å². The predicted molar refractivity (Wildman–Crippen MR) is 231 cm³/mol. The number of halogens is 2. The zero-order valence-electron chi connectivity index (χ0n) is 32.6. The fraction of sp³-hybridized carbons (Fsp3) is 0.435. The van der Waals surface area contributed by atoms with Crippen molar-refractivity contribution in [2.45, 2.75) is 84.0 Å². The fourth-order valence-electron chi connectivity index (χ4n) is 6.14. The molecule has 9 heteroatoms. The summed E-state index contributed by atoms with van der Waals surface area (Å²) in [4.78, 5) is 21.7. The first kappa shape index (κ1) is 43.7. The Balaban J connectivity index is 1.01. The van der Waals surface area contributed by atoms with Crippen molar-refractivity contribution in [3.8, 4) is 5.75 Å². The molecule has 0 saturated carbocycles. The Labute approximate surface area is 339 Å². The lowest BCUT2D eigenvalue weighted by Gasteiger charge is -2.36. The lowest BCUT2D eigenvalue weighted by Crippen LogP contribution is -2.46. The molecular formula is C46H59Cl2N3O4. The third-order valence-electron chi connectivity index (χ3n) is 9.25. The summed E-state index contributed by atoms with van der Waals surface area (Å²) < 4.78 is 17.1. The molecule has 2 heterocycles. The van der Waals surface area contributed by atoms with E-state index in [4.69, 9.17) is 37.4 Å². The van der Waals surface area contributed by atoms with Crippen LogP contribution in [0.1, 0.15) is 83.1 Å². The average Bonchev–Trinajstić information content (AvgIpc) is 3.20. The second-order valence-corrected chi connectivity index (χ2v) is 14.3. The third kappa shape index (κ3) is 17.5. The monoisotopic (exact) mass is 787 g/mol. The molecular weight excluding hydrogens is 729 g/mol. The quantitative estimate of drug-likeness (QED) is 0.0484. The Kier molecular flexibility index (Phi) is 21.2. The van der Waals surface area contributed by atoms with Crippen molar-refractivity contribution in [2.75, 3.05) is 51.0 Å². The maximum atomic E-state index is 12.2. The Bertz CT molecular complexity index is 1650. The maximum Gasteiger partial charge on any atom is 0.308 e. The number of aryl methyl sites for hydroxylation is 1. The van der Waals surface area contributed by atoms with E-state index in [0.717, 1.165) is 113 Å². The molecule has 0 bridgehead atoms. The highest BCUT2D eigenvalue weighted by atomic mass is 35.5. The van der Waals surface area contributed by atoms with Crippen LogP contribution < -0.4 is 9.64 Å². The van der Waals surface area contributed by atoms with Crippen LogP contribution in [0.5, 0.6) is 5.75 Å². The summed E-state index contributed by atoms with van der Waals surface area (Å²) in [6.45, 7) is 7.59. The summed E-state index contributed by atoms with van der Waals surface area (Å²) in [7, 11) is 0. The normalized spacial score (nSPS) is 15.3. The summed E-state index contributed by atoms with van der Waals surface area (Å²) in [5.74, 6) is 1.10. The van der Waals surface area contributed by atoms with Gasteiger partial charge in [-0.25, -0.2) is 4.99 Å². The predicted octanol–water partition coefficient (Wildman–Crippen LogP) is 11.9. The van der Waals surface area contributed by atoms with Crippen molar-refractivity contribution < 1.29 is 19.0 Å². The van der Waals surface area contributed by atoms with Gasteiger partial charge in [0.25, 0.3) is 0 Å². The highest BCUT2D eigenvalue weighted by molar-refractivity contribution is 6.43. The highest BCUT2D eigenvalue weighted by Gasteiger charge is 2.20. The van der Waals surface area contributed by atoms with E-state index >= 15 is 0 Å². The van der Waals surface area contributed by atoms with Crippen LogP contribution in [0.3, 0.4) is 0 Å². The van der Waals surface area contributed by atoms with Crippen LogP contribution in [0.4, 0.5) is 11.4 Å². The number of ether oxygens (including phenoxy) is 3. The molecule has 0 aromatic heterocycles. The van der Waals surface area contributed by atoms with Gasteiger partial charge in [0.15, 0.2) is 5.90 Å². The van der Waals surface area contributed by atoms with Gasteiger partial charge in [0, 0.05) is 45.1 Å². The molecule has 296 valence electrons. The molecule has 1 fully saturated rings. The Hall–Kier alpha value is -4.04. The Morgan fingerprint density at radius 3 is 2.09 bits per heavy atom. The Morgan fingerprint density at radius 2 is 1.42 bits per heavy atom. The summed E-state index contributed by atoms with van der Waals surface area (Å²) in [6.07, 6.45) is 36.3. The summed E-state index contributed by atoms with van der Waals surface area (Å²) in [6, 6.07) is 11.9. The number of allylic oxidation sites excluding steroid dienone is 12. The number of unbranched alkanes of at least 4 members (excludes halogenated alkanes) is 1. The third-order valence-corrected chi connectivity index (χ3v) is 10.1. The number of fused-ring (bicyclic) bond motifs is 1. The molecule has 4 rings (SSSR count). The lowest BCUT2D eigenvalue weighted by atomic mass is 10.0. The number of aliphatic imine (C=N–C) groups is 1. The summed E-state index contributed by atoms with van der Waals surface area (Å²) in [5.41, 5.74) is 3.02. The van der Waals surface area contributed by atoms with Gasteiger partial charge in [-0.05, 0) is 94.5 Å². The van der Waals surface area contributed by atoms with Gasteiger partial charge in [0.1, 0.15) is 5.75 Å². The second kappa shape index (κ2) is 26.7. The molecule has 0 spiro atoms. The minimum atomic E-state index is -0.281. The topological polar surface area (TPSA) is 63.6 Å². The van der Waals surface area contributed by atoms with Crippen LogP contribution >= 0.6 is 23.2 Å². The number of anilines is 1. The number of hydrogen-bond donors (Lipinski definition) is 0. The Morgan fingerprint density at radius 1 is 0.764 bits per heavy atom. The number of piperazine rings is 1. The molecule has 0 atom stereocenters. The van der Waals surface area contributed by atoms with Crippen LogP contribution in [-0.2, 0) is 20.7 Å². The molecule has 55 heavy (non-hydrogen) atoms. The van der Waals surface area contributed by atoms with Gasteiger partial charge in [-0.3, -0.25) is 9.69 Å². The van der Waals surface area contributed by atoms with E-state index in [1.165, 1.54) is 0 Å². The highest BCUT2D eigenvalue weighted by Crippen LogP contribution is 2.33. The second-order valence-electron chi connectivity index (χ2n) is 13.5. The summed E-state index contributed by atoms with van der Waals surface area (Å²) in [5, 5.41) is 1.24. The van der Waals surface area contributed by atoms with E-state index < -0.39 is 0 Å². The fourth-order valence-corrected chi connectivity index (χ4v) is 6.55. The molecule has 0 amide bonds. The molecule has 2 aliphatic heterocycles. The minimum absolute atomic E-state index is 0.129. The van der Waals surface area contributed by atoms with Gasteiger partial charge in [-0.2, -0.15) is 0 Å². The van der Waals surface area contributed by atoms with E-state index in [1.807, 2.05) is 36.4 Å². The first-order valence-electron chi connectivity index (χ1n) is 20.0. The number of carbonyl (C=O) groups is 1. The zero-order valence-corrected chi connectivity index (χ0v) is 34.1. The molecule has 1 saturated heterocycles. The van der Waals surface area contributed by atoms with Gasteiger partial charge < -0.3 is 19.1 Å². The van der Waals surface area contributed by atoms with Crippen LogP contribution in [-0.4, -0.2) is 62.9 Å². The van der Waals surface area contributed by atoms with Gasteiger partial charge in [-0.1, -0.05) is 115 Å². The minimum Gasteiger partial charge on any atom is -0.494 e. The van der Waals surface area contributed by atoms with E-state index in [9.17, 15) is 4.79 Å². The molecule has 0 radical (unpaired) electrons. The number of rotatable bonds is 23. The van der Waals surface area contributed by atoms with Crippen LogP contribution in [0.25, 0.3) is 0 Å². The van der Waals surface area contributed by atoms with E-state index in [2.05, 4.69) is 94.6 Å². The van der Waals surface area contributed by atoms with E-state index in [1.54, 1.807) is 0 Å². The van der Waals surface area contributed by atoms with Crippen molar-refractivity contribution in [2.24, 2.45) is 4.99 Å². The largest absolute Gasteiger partial charge is 0.494 e. The maximum absolute atomic E-state index is 12.2. The molecule has 0 N–H and O–H groups in total. The van der Waals surface area contributed by atoms with Crippen LogP contribution in [0.15, 0.2) is 114 Å². The molecule has 2 aliphatic rings. The van der Waals surface area contributed by atoms with Crippen molar-refractivity contribution in [1.82, 2.24) is 4.90 Å². The smallest absolute Gasteiger partial charge is 0.308 e. The van der Waals surface area contributed by atoms with E-state index in [0.29, 0.717) is 41.8 Å². The van der Waals surface area contributed by atoms with Crippen molar-refractivity contribution >= 4 is 46.4 Å². The number of esters is 1. The average molecular weight is 789 g/mol. The SMILES string of the molecule is CCC=CCC=CCC=CCC=CCC=CCC=CCCC(=O)OCOC1=Nc2cc(OCCCCN3CCN(c4cccc(Cl)c4Cl)CC3)ccc2CC1. The molecule has 7 nitrogen and oxygen atoms in total. The summed E-state index contributed by atoms with van der Waals surface area (Å²) >= 11 is 12.6. The standard InChI is InChI=1S/C46H59Cl2N3O4/c1-2-3-4-5-6-7-8-9-10-11-12-13-14-15-16-17-18-19-20-26-45(52)55-38-54-44-30-28-39-27-29-40(37-42(39)49-44)53-36-22-21-31-50-32-34-51(35-33-50)43-25-23-24-41(47)46(43)48/h3-4,6-7,9-10,12-13,15-16,18-19,23-25,27,29,37H,2,5,8,11,14,17,20-22,26,28,30-36,38H2,1H3. The van der Waals surface area contributed by atoms with E-state index in [-0.39, 0.29) is 12.8 Å². The van der Waals surface area contributed by atoms with Gasteiger partial charge in [0.2, 0.25) is 6.79 Å². The number of nitrogens with zero attached hydrogens (tertiary/aromatic N) is 3. The molecule has 2 aromatic rings. The lowest BCUT2D eigenvalue weighted by molar-refractivity contribution is -0.150. The molecule has 0 aliphatic carbocycles. The first-order valence-corrected chi connectivity index (χ1v) is 20.7. The number of carbonyl (C=O) groups excluding carboxylic acids is 1. The van der Waals surface area contributed by atoms with Gasteiger partial charge >= 0.3 is 5.97 Å². The van der Waals surface area contributed by atoms with Crippen molar-refractivity contribution in [1.29, 1.82) is 0 Å². The first-order chi connectivity index (χ1) is 27.0. The number of benzene rings is 2. The van der Waals surface area contributed by atoms with Crippen LogP contribution in [0.2, 0.25) is 10.0 Å². The number of hydrogen-bond acceptors (Lipinski definition) is 7. The van der Waals surface area contributed by atoms with Crippen molar-refractivity contribution in [3.05, 3.63) is 125 Å². The molecule has 2 aromatic carbocycles. The van der Waals surface area contributed by atoms with Gasteiger partial charge in [0.05, 0.1) is 28.0 Å². The zero-order chi connectivity index (χ0) is 38.8.